The van der Waals surface area contributed by atoms with Crippen molar-refractivity contribution >= 4 is 5.91 Å². The van der Waals surface area contributed by atoms with Crippen LogP contribution in [0.5, 0.6) is 0 Å². The summed E-state index contributed by atoms with van der Waals surface area (Å²) in [6, 6.07) is 19.4. The molecule has 2 unspecified atom stereocenters. The molecule has 3 rings (SSSR count). The molecule has 2 aromatic carbocycles. The number of rotatable bonds is 4. The predicted molar refractivity (Wildman–Crippen MR) is 94.2 cm³/mol. The van der Waals surface area contributed by atoms with Crippen molar-refractivity contribution in [3.05, 3.63) is 60.2 Å². The summed E-state index contributed by atoms with van der Waals surface area (Å²) in [5.41, 5.74) is 3.44. The van der Waals surface area contributed by atoms with E-state index in [2.05, 4.69) is 41.8 Å². The second-order valence-corrected chi connectivity index (χ2v) is 6.38. The maximum atomic E-state index is 12.2. The first-order valence-electron chi connectivity index (χ1n) is 8.38. The third-order valence-electron chi connectivity index (χ3n) is 4.41. The zero-order valence-corrected chi connectivity index (χ0v) is 13.6. The van der Waals surface area contributed by atoms with Crippen molar-refractivity contribution in [1.82, 2.24) is 10.6 Å². The summed E-state index contributed by atoms with van der Waals surface area (Å²) in [5.74, 6) is 0.122. The fraction of sp³-hybridized carbons (Fsp3) is 0.350. The van der Waals surface area contributed by atoms with Gasteiger partial charge in [0.25, 0.3) is 0 Å². The van der Waals surface area contributed by atoms with Gasteiger partial charge in [-0.25, -0.2) is 0 Å². The van der Waals surface area contributed by atoms with E-state index in [9.17, 15) is 4.79 Å². The van der Waals surface area contributed by atoms with E-state index in [4.69, 9.17) is 0 Å². The van der Waals surface area contributed by atoms with Crippen molar-refractivity contribution in [2.45, 2.75) is 38.3 Å². The largest absolute Gasteiger partial charge is 0.353 e. The number of piperidine rings is 1. The number of benzene rings is 2. The second-order valence-electron chi connectivity index (χ2n) is 6.38. The van der Waals surface area contributed by atoms with Gasteiger partial charge in [-0.2, -0.15) is 0 Å². The molecule has 3 nitrogen and oxygen atoms in total. The Kier molecular flexibility index (Phi) is 5.09. The SMILES string of the molecule is CC1CC(NC(=O)Cc2ccc(-c3ccccc3)cc2)CCN1. The topological polar surface area (TPSA) is 41.1 Å². The van der Waals surface area contributed by atoms with Crippen LogP contribution in [0.3, 0.4) is 0 Å². The molecule has 120 valence electrons. The van der Waals surface area contributed by atoms with Crippen molar-refractivity contribution in [1.29, 1.82) is 0 Å². The van der Waals surface area contributed by atoms with Crippen LogP contribution in [0.1, 0.15) is 25.3 Å². The summed E-state index contributed by atoms with van der Waals surface area (Å²) in [7, 11) is 0. The van der Waals surface area contributed by atoms with Gasteiger partial charge in [0.05, 0.1) is 6.42 Å². The lowest BCUT2D eigenvalue weighted by Crippen LogP contribution is -2.46. The van der Waals surface area contributed by atoms with Gasteiger partial charge in [-0.05, 0) is 43.0 Å². The standard InChI is InChI=1S/C20H24N2O/c1-15-13-19(11-12-21-15)22-20(23)14-16-7-9-18(10-8-16)17-5-3-2-4-6-17/h2-10,15,19,21H,11-14H2,1H3,(H,22,23). The molecule has 1 fully saturated rings. The molecule has 2 atom stereocenters. The lowest BCUT2D eigenvalue weighted by atomic mass is 10.00. The highest BCUT2D eigenvalue weighted by atomic mass is 16.1. The van der Waals surface area contributed by atoms with Crippen molar-refractivity contribution < 1.29 is 4.79 Å². The van der Waals surface area contributed by atoms with Crippen LogP contribution in [0, 0.1) is 0 Å². The number of carbonyl (C=O) groups is 1. The molecule has 3 heteroatoms. The number of hydrogen-bond acceptors (Lipinski definition) is 2. The van der Waals surface area contributed by atoms with Crippen molar-refractivity contribution in [2.75, 3.05) is 6.54 Å². The van der Waals surface area contributed by atoms with E-state index >= 15 is 0 Å². The first kappa shape index (κ1) is 15.8. The number of hydrogen-bond donors (Lipinski definition) is 2. The molecule has 0 spiro atoms. The fourth-order valence-corrected chi connectivity index (χ4v) is 3.17. The van der Waals surface area contributed by atoms with Crippen molar-refractivity contribution in [3.8, 4) is 11.1 Å². The molecule has 0 radical (unpaired) electrons. The van der Waals surface area contributed by atoms with Gasteiger partial charge < -0.3 is 10.6 Å². The first-order valence-corrected chi connectivity index (χ1v) is 8.38. The first-order chi connectivity index (χ1) is 11.2. The molecule has 1 aliphatic heterocycles. The van der Waals surface area contributed by atoms with Gasteiger partial charge in [0.15, 0.2) is 0 Å². The number of carbonyl (C=O) groups excluding carboxylic acids is 1. The number of amides is 1. The average Bonchev–Trinajstić information content (AvgIpc) is 2.56. The Balaban J connectivity index is 1.56. The molecule has 0 bridgehead atoms. The third-order valence-corrected chi connectivity index (χ3v) is 4.41. The maximum Gasteiger partial charge on any atom is 0.224 e. The number of nitrogens with one attached hydrogen (secondary N) is 2. The minimum absolute atomic E-state index is 0.122. The smallest absolute Gasteiger partial charge is 0.224 e. The Morgan fingerprint density at radius 3 is 2.48 bits per heavy atom. The Hall–Kier alpha value is -2.13. The Labute approximate surface area is 138 Å². The van der Waals surface area contributed by atoms with Gasteiger partial charge in [-0.3, -0.25) is 4.79 Å². The van der Waals surface area contributed by atoms with Crippen LogP contribution < -0.4 is 10.6 Å². The van der Waals surface area contributed by atoms with Crippen LogP contribution in [-0.4, -0.2) is 24.5 Å². The Bertz CT molecular complexity index is 636. The molecule has 2 aromatic rings. The molecular formula is C20H24N2O. The molecule has 2 N–H and O–H groups in total. The molecular weight excluding hydrogens is 284 g/mol. The molecule has 0 saturated carbocycles. The summed E-state index contributed by atoms with van der Waals surface area (Å²) < 4.78 is 0. The van der Waals surface area contributed by atoms with Crippen molar-refractivity contribution in [3.63, 3.8) is 0 Å². The third kappa shape index (κ3) is 4.42. The quantitative estimate of drug-likeness (QED) is 0.911. The summed E-state index contributed by atoms with van der Waals surface area (Å²) >= 11 is 0. The normalized spacial score (nSPS) is 20.9. The lowest BCUT2D eigenvalue weighted by Gasteiger charge is -2.28. The lowest BCUT2D eigenvalue weighted by molar-refractivity contribution is -0.121. The molecule has 0 aromatic heterocycles. The minimum Gasteiger partial charge on any atom is -0.353 e. The highest BCUT2D eigenvalue weighted by molar-refractivity contribution is 5.79. The Morgan fingerprint density at radius 2 is 1.78 bits per heavy atom. The van der Waals surface area contributed by atoms with Gasteiger partial charge in [0.1, 0.15) is 0 Å². The van der Waals surface area contributed by atoms with E-state index in [-0.39, 0.29) is 5.91 Å². The Morgan fingerprint density at radius 1 is 1.09 bits per heavy atom. The van der Waals surface area contributed by atoms with E-state index in [0.717, 1.165) is 24.9 Å². The highest BCUT2D eigenvalue weighted by Gasteiger charge is 2.19. The monoisotopic (exact) mass is 308 g/mol. The minimum atomic E-state index is 0.122. The van der Waals surface area contributed by atoms with E-state index < -0.39 is 0 Å². The van der Waals surface area contributed by atoms with E-state index in [1.165, 1.54) is 11.1 Å². The van der Waals surface area contributed by atoms with E-state index in [1.54, 1.807) is 0 Å². The van der Waals surface area contributed by atoms with Crippen LogP contribution in [0.2, 0.25) is 0 Å². The average molecular weight is 308 g/mol. The molecule has 1 amide bonds. The molecule has 1 heterocycles. The van der Waals surface area contributed by atoms with Gasteiger partial charge >= 0.3 is 0 Å². The zero-order valence-electron chi connectivity index (χ0n) is 13.6. The summed E-state index contributed by atoms with van der Waals surface area (Å²) in [6.45, 7) is 3.15. The van der Waals surface area contributed by atoms with Gasteiger partial charge in [0, 0.05) is 12.1 Å². The van der Waals surface area contributed by atoms with E-state index in [1.807, 2.05) is 30.3 Å². The van der Waals surface area contributed by atoms with Crippen LogP contribution >= 0.6 is 0 Å². The fourth-order valence-electron chi connectivity index (χ4n) is 3.17. The van der Waals surface area contributed by atoms with Crippen LogP contribution in [0.15, 0.2) is 54.6 Å². The summed E-state index contributed by atoms with van der Waals surface area (Å²) in [5, 5.41) is 6.57. The molecule has 1 saturated heterocycles. The van der Waals surface area contributed by atoms with Gasteiger partial charge in [0.2, 0.25) is 5.91 Å². The molecule has 23 heavy (non-hydrogen) atoms. The van der Waals surface area contributed by atoms with Crippen LogP contribution in [0.4, 0.5) is 0 Å². The second kappa shape index (κ2) is 7.42. The molecule has 0 aliphatic carbocycles. The van der Waals surface area contributed by atoms with Crippen molar-refractivity contribution in [2.24, 2.45) is 0 Å². The van der Waals surface area contributed by atoms with Crippen LogP contribution in [0.25, 0.3) is 11.1 Å². The summed E-state index contributed by atoms with van der Waals surface area (Å²) in [6.07, 6.45) is 2.48. The predicted octanol–water partition coefficient (Wildman–Crippen LogP) is 3.15. The van der Waals surface area contributed by atoms with E-state index in [0.29, 0.717) is 18.5 Å². The summed E-state index contributed by atoms with van der Waals surface area (Å²) in [4.78, 5) is 12.2. The maximum absolute atomic E-state index is 12.2. The van der Waals surface area contributed by atoms with Crippen LogP contribution in [-0.2, 0) is 11.2 Å². The van der Waals surface area contributed by atoms with Gasteiger partial charge in [-0.1, -0.05) is 54.6 Å². The highest BCUT2D eigenvalue weighted by Crippen LogP contribution is 2.19. The molecule has 1 aliphatic rings. The zero-order chi connectivity index (χ0) is 16.1. The van der Waals surface area contributed by atoms with Gasteiger partial charge in [-0.15, -0.1) is 0 Å².